The summed E-state index contributed by atoms with van der Waals surface area (Å²) in [7, 11) is 5.47. The van der Waals surface area contributed by atoms with Crippen molar-refractivity contribution in [3.8, 4) is 0 Å². The van der Waals surface area contributed by atoms with Gasteiger partial charge in [-0.1, -0.05) is 97.1 Å². The van der Waals surface area contributed by atoms with Gasteiger partial charge >= 0.3 is 34.1 Å². The summed E-state index contributed by atoms with van der Waals surface area (Å²) in [5.74, 6) is 0. The zero-order valence-electron chi connectivity index (χ0n) is 45.6. The molecule has 80 heavy (non-hydrogen) atoms. The van der Waals surface area contributed by atoms with Crippen molar-refractivity contribution >= 4 is 56.4 Å². The van der Waals surface area contributed by atoms with Gasteiger partial charge in [0.1, 0.15) is 0 Å². The van der Waals surface area contributed by atoms with Gasteiger partial charge in [-0.25, -0.2) is 37.3 Å². The molecule has 26 heteroatoms. The van der Waals surface area contributed by atoms with Crippen LogP contribution in [0.5, 0.6) is 0 Å². The summed E-state index contributed by atoms with van der Waals surface area (Å²) in [6.45, 7) is 7.36. The van der Waals surface area contributed by atoms with Gasteiger partial charge in [0.15, 0.2) is 0 Å². The molecule has 22 nitrogen and oxygen atoms in total. The summed E-state index contributed by atoms with van der Waals surface area (Å²) >= 11 is 0. The molecular formula is C54H66Cl2Mn2N10O12. The predicted molar refractivity (Wildman–Crippen MR) is 273 cm³/mol. The van der Waals surface area contributed by atoms with Crippen LogP contribution < -0.4 is 37.3 Å². The van der Waals surface area contributed by atoms with E-state index < -0.39 is 20.5 Å². The Morgan fingerprint density at radius 2 is 0.500 bits per heavy atom. The van der Waals surface area contributed by atoms with Gasteiger partial charge in [-0.3, -0.25) is 49.1 Å². The standard InChI is InChI=1S/2C24H26N4.2C3H7NO.2ClHO4.2Mn.2O/c2*1-27(17-21-13-11-19-7-3-5-9-23(19)25-21)15-16-28(2)18-22-14-12-20-8-4-6-10-24(20)26-22;2*1-4(2)3-5;2*2-1(3,4)5;;;;/h2*3-14H,15-18H2,1-2H3;2*3H,1-2H3;2*(H,2,3,4,5);;;;/q;;;;;;2*+3;2*-2/p-2. The first-order valence-electron chi connectivity index (χ1n) is 23.5. The van der Waals surface area contributed by atoms with Crippen LogP contribution in [0.15, 0.2) is 146 Å². The number of fused-ring (bicyclic) bond motifs is 4. The van der Waals surface area contributed by atoms with E-state index in [1.165, 1.54) is 31.3 Å². The Labute approximate surface area is 492 Å². The Hall–Kier alpha value is -5.48. The minimum atomic E-state index is -4.94. The van der Waals surface area contributed by atoms with Crippen molar-refractivity contribution in [2.24, 2.45) is 0 Å². The molecule has 432 valence electrons. The fraction of sp³-hybridized carbons (Fsp3) is 0.296. The van der Waals surface area contributed by atoms with Crippen molar-refractivity contribution in [3.05, 3.63) is 168 Å². The van der Waals surface area contributed by atoms with Crippen molar-refractivity contribution < 1.29 is 112 Å². The second-order valence-electron chi connectivity index (χ2n) is 17.8. The van der Waals surface area contributed by atoms with Crippen molar-refractivity contribution in [1.29, 1.82) is 0 Å². The number of hydrogen-bond acceptors (Lipinski definition) is 18. The molecule has 0 N–H and O–H groups in total. The number of hydrogen-bond donors (Lipinski definition) is 0. The maximum Gasteiger partial charge on any atom is 3.00 e. The number of carbonyl (C=O) groups is 2. The Kier molecular flexibility index (Phi) is 38.1. The Bertz CT molecular complexity index is 2600. The van der Waals surface area contributed by atoms with Crippen molar-refractivity contribution in [1.82, 2.24) is 49.3 Å². The molecule has 2 amide bonds. The normalized spacial score (nSPS) is 10.6. The average molecular weight is 1230 g/mol. The molecule has 0 aliphatic rings. The Balaban J connectivity index is 0. The molecule has 0 unspecified atom stereocenters. The molecule has 0 fully saturated rings. The number of halogens is 2. The molecule has 0 bridgehead atoms. The number of benzene rings is 4. The van der Waals surface area contributed by atoms with Crippen LogP contribution in [0.2, 0.25) is 0 Å². The van der Waals surface area contributed by atoms with E-state index in [0.29, 0.717) is 0 Å². The van der Waals surface area contributed by atoms with Crippen LogP contribution in [-0.4, -0.2) is 145 Å². The molecule has 0 spiro atoms. The molecular weight excluding hydrogens is 1160 g/mol. The molecule has 0 aliphatic heterocycles. The topological polar surface area (TPSA) is 347 Å². The fourth-order valence-corrected chi connectivity index (χ4v) is 6.89. The molecule has 0 saturated carbocycles. The third kappa shape index (κ3) is 34.0. The quantitative estimate of drug-likeness (QED) is 0.0772. The molecule has 0 saturated heterocycles. The summed E-state index contributed by atoms with van der Waals surface area (Å²) in [4.78, 5) is 50.1. The van der Waals surface area contributed by atoms with Crippen molar-refractivity contribution in [2.45, 2.75) is 26.2 Å². The predicted octanol–water partition coefficient (Wildman–Crippen LogP) is -1.65. The summed E-state index contributed by atoms with van der Waals surface area (Å²) in [6.07, 6.45) is 1.50. The fourth-order valence-electron chi connectivity index (χ4n) is 6.89. The molecule has 4 aromatic heterocycles. The monoisotopic (exact) mass is 1230 g/mol. The smallest absolute Gasteiger partial charge is 2.00 e. The minimum Gasteiger partial charge on any atom is -2.00 e. The third-order valence-electron chi connectivity index (χ3n) is 10.5. The molecule has 0 aliphatic carbocycles. The molecule has 4 aromatic carbocycles. The Morgan fingerprint density at radius 3 is 0.662 bits per heavy atom. The maximum atomic E-state index is 9.43. The minimum absolute atomic E-state index is 0. The van der Waals surface area contributed by atoms with Gasteiger partial charge in [-0.15, -0.1) is 20.5 Å². The first-order valence-corrected chi connectivity index (χ1v) is 26.0. The summed E-state index contributed by atoms with van der Waals surface area (Å²) < 4.78 is 67.9. The summed E-state index contributed by atoms with van der Waals surface area (Å²) in [5, 5.41) is 4.76. The number of amides is 2. The molecule has 8 rings (SSSR count). The zero-order chi connectivity index (χ0) is 56.3. The number of nitrogens with zero attached hydrogens (tertiary/aromatic N) is 10. The number of para-hydroxylation sites is 4. The second-order valence-corrected chi connectivity index (χ2v) is 19.3. The van der Waals surface area contributed by atoms with Crippen LogP contribution in [0.1, 0.15) is 22.8 Å². The van der Waals surface area contributed by atoms with Crippen molar-refractivity contribution in [2.75, 3.05) is 82.6 Å². The van der Waals surface area contributed by atoms with Crippen LogP contribution in [0.4, 0.5) is 0 Å². The molecule has 4 heterocycles. The first-order chi connectivity index (χ1) is 35.9. The van der Waals surface area contributed by atoms with E-state index in [2.05, 4.69) is 169 Å². The van der Waals surface area contributed by atoms with E-state index in [9.17, 15) is 9.59 Å². The van der Waals surface area contributed by atoms with Gasteiger partial charge in [0.05, 0.1) is 44.8 Å². The summed E-state index contributed by atoms with van der Waals surface area (Å²) in [5.41, 5.74) is 8.70. The van der Waals surface area contributed by atoms with Gasteiger partial charge < -0.3 is 20.8 Å². The van der Waals surface area contributed by atoms with E-state index in [4.69, 9.17) is 57.2 Å². The Morgan fingerprint density at radius 1 is 0.338 bits per heavy atom. The molecule has 0 atom stereocenters. The van der Waals surface area contributed by atoms with Crippen molar-refractivity contribution in [3.63, 3.8) is 0 Å². The number of pyridine rings is 4. The van der Waals surface area contributed by atoms with E-state index in [1.807, 2.05) is 24.3 Å². The number of likely N-dealkylation sites (N-methyl/N-ethyl adjacent to an activating group) is 4. The molecule has 0 radical (unpaired) electrons. The number of carbonyl (C=O) groups excluding carboxylic acids is 2. The number of rotatable bonds is 16. The van der Waals surface area contributed by atoms with E-state index >= 15 is 0 Å². The van der Waals surface area contributed by atoms with Crippen LogP contribution >= 0.6 is 0 Å². The van der Waals surface area contributed by atoms with Crippen LogP contribution in [0.3, 0.4) is 0 Å². The first kappa shape index (κ1) is 76.6. The van der Waals surface area contributed by atoms with Gasteiger partial charge in [0.2, 0.25) is 12.8 Å². The second kappa shape index (κ2) is 39.8. The van der Waals surface area contributed by atoms with Crippen LogP contribution in [0, 0.1) is 20.5 Å². The van der Waals surface area contributed by atoms with Gasteiger partial charge in [-0.05, 0) is 76.7 Å². The van der Waals surface area contributed by atoms with Crippen LogP contribution in [-0.2, 0) is 80.9 Å². The van der Waals surface area contributed by atoms with Gasteiger partial charge in [-0.2, -0.15) is 0 Å². The average Bonchev–Trinajstić information content (AvgIpc) is 3.37. The van der Waals surface area contributed by atoms with Gasteiger partial charge in [0.25, 0.3) is 0 Å². The van der Waals surface area contributed by atoms with E-state index in [1.54, 1.807) is 28.2 Å². The zero-order valence-corrected chi connectivity index (χ0v) is 49.4. The number of aromatic nitrogens is 4. The van der Waals surface area contributed by atoms with E-state index in [-0.39, 0.29) is 45.1 Å². The SMILES string of the molecule is CN(C)C=O.CN(C)C=O.CN(CCN(C)Cc1ccc2ccccc2n1)Cc1ccc2ccccc2n1.CN(CCN(C)Cc1ccc2ccccc2n1)Cc1ccc2ccccc2n1.[Mn+3].[Mn+3].[O-2].[O-2].[O-][Cl+3]([O-])([O-])[O-].[O-][Cl+3]([O-])([O-])[O-]. The molecule has 8 aromatic rings. The third-order valence-corrected chi connectivity index (χ3v) is 10.5. The largest absolute Gasteiger partial charge is 3.00 e. The van der Waals surface area contributed by atoms with Crippen LogP contribution in [0.25, 0.3) is 43.6 Å². The van der Waals surface area contributed by atoms with Gasteiger partial charge in [0, 0.05) is 102 Å². The summed E-state index contributed by atoms with van der Waals surface area (Å²) in [6, 6.07) is 50.2. The van der Waals surface area contributed by atoms with E-state index in [0.717, 1.165) is 110 Å². The maximum absolute atomic E-state index is 9.43.